The molecule has 1 aliphatic heterocycles. The van der Waals surface area contributed by atoms with Crippen LogP contribution in [0.15, 0.2) is 0 Å². The molecule has 0 amide bonds. The monoisotopic (exact) mass is 170 g/mol. The Labute approximate surface area is 71.0 Å². The van der Waals surface area contributed by atoms with E-state index in [2.05, 4.69) is 12.2 Å². The summed E-state index contributed by atoms with van der Waals surface area (Å²) in [7, 11) is 0. The summed E-state index contributed by atoms with van der Waals surface area (Å²) < 4.78 is 0. The summed E-state index contributed by atoms with van der Waals surface area (Å²) in [4.78, 5) is 21.4. The quantitative estimate of drug-likeness (QED) is 0.604. The van der Waals surface area contributed by atoms with Crippen molar-refractivity contribution in [1.29, 1.82) is 0 Å². The number of ketones is 1. The van der Waals surface area contributed by atoms with Gasteiger partial charge in [0.2, 0.25) is 0 Å². The fraction of sp³-hybridized carbons (Fsp3) is 0.625. The van der Waals surface area contributed by atoms with Crippen LogP contribution in [-0.2, 0) is 9.59 Å². The SMILES string of the molecule is [CH2]C(=O)C1CC(C(=O)O)CCN1. The number of Topliss-reactive ketones (excluding diaryl/α,β-unsaturated/α-hetero) is 1. The Bertz CT molecular complexity index is 182. The number of aliphatic carboxylic acids is 1. The average molecular weight is 170 g/mol. The molecule has 1 radical (unpaired) electrons. The van der Waals surface area contributed by atoms with E-state index in [0.717, 1.165) is 0 Å². The van der Waals surface area contributed by atoms with Gasteiger partial charge in [-0.1, -0.05) is 0 Å². The third-order valence-electron chi connectivity index (χ3n) is 2.14. The summed E-state index contributed by atoms with van der Waals surface area (Å²) in [6, 6.07) is -0.361. The van der Waals surface area contributed by atoms with E-state index >= 15 is 0 Å². The van der Waals surface area contributed by atoms with E-state index in [9.17, 15) is 9.59 Å². The maximum Gasteiger partial charge on any atom is 0.306 e. The number of carbonyl (C=O) groups is 2. The number of rotatable bonds is 2. The number of carboxylic acids is 1. The number of carbonyl (C=O) groups excluding carboxylic acids is 1. The van der Waals surface area contributed by atoms with Crippen molar-refractivity contribution in [2.75, 3.05) is 6.54 Å². The first-order chi connectivity index (χ1) is 5.61. The summed E-state index contributed by atoms with van der Waals surface area (Å²) in [5.74, 6) is -1.43. The molecule has 1 aliphatic rings. The van der Waals surface area contributed by atoms with Gasteiger partial charge in [-0.05, 0) is 19.4 Å². The molecule has 12 heavy (non-hydrogen) atoms. The molecule has 0 aromatic carbocycles. The molecule has 1 saturated heterocycles. The summed E-state index contributed by atoms with van der Waals surface area (Å²) in [5, 5.41) is 11.6. The highest BCUT2D eigenvalue weighted by Gasteiger charge is 2.28. The van der Waals surface area contributed by atoms with Gasteiger partial charge in [-0.2, -0.15) is 0 Å². The van der Waals surface area contributed by atoms with Gasteiger partial charge in [0.15, 0.2) is 0 Å². The predicted octanol–water partition coefficient (Wildman–Crippen LogP) is -0.158. The summed E-state index contributed by atoms with van der Waals surface area (Å²) in [6.07, 6.45) is 0.969. The lowest BCUT2D eigenvalue weighted by Crippen LogP contribution is -2.44. The standard InChI is InChI=1S/C8H12NO3/c1-5(10)7-4-6(8(11)12)2-3-9-7/h6-7,9H,1-4H2,(H,11,12). The van der Waals surface area contributed by atoms with Gasteiger partial charge in [0.1, 0.15) is 5.78 Å². The number of piperidine rings is 1. The smallest absolute Gasteiger partial charge is 0.306 e. The molecule has 67 valence electrons. The largest absolute Gasteiger partial charge is 0.481 e. The highest BCUT2D eigenvalue weighted by Crippen LogP contribution is 2.16. The van der Waals surface area contributed by atoms with Crippen molar-refractivity contribution in [2.24, 2.45) is 5.92 Å². The second-order valence-corrected chi connectivity index (χ2v) is 3.03. The van der Waals surface area contributed by atoms with Gasteiger partial charge in [-0.15, -0.1) is 0 Å². The normalized spacial score (nSPS) is 29.8. The minimum absolute atomic E-state index is 0.221. The fourth-order valence-corrected chi connectivity index (χ4v) is 1.39. The second kappa shape index (κ2) is 3.67. The lowest BCUT2D eigenvalue weighted by atomic mass is 9.91. The summed E-state index contributed by atoms with van der Waals surface area (Å²) in [6.45, 7) is 3.85. The Morgan fingerprint density at radius 2 is 2.17 bits per heavy atom. The Kier molecular flexibility index (Phi) is 2.81. The van der Waals surface area contributed by atoms with Crippen molar-refractivity contribution in [3.05, 3.63) is 6.92 Å². The van der Waals surface area contributed by atoms with E-state index in [0.29, 0.717) is 19.4 Å². The van der Waals surface area contributed by atoms with Gasteiger partial charge >= 0.3 is 5.97 Å². The van der Waals surface area contributed by atoms with Crippen molar-refractivity contribution in [1.82, 2.24) is 5.32 Å². The van der Waals surface area contributed by atoms with E-state index in [1.807, 2.05) is 0 Å². The van der Waals surface area contributed by atoms with Crippen molar-refractivity contribution in [3.8, 4) is 0 Å². The van der Waals surface area contributed by atoms with Crippen LogP contribution in [0.2, 0.25) is 0 Å². The van der Waals surface area contributed by atoms with E-state index in [4.69, 9.17) is 5.11 Å². The molecule has 1 heterocycles. The van der Waals surface area contributed by atoms with Crippen LogP contribution < -0.4 is 5.32 Å². The molecule has 0 aliphatic carbocycles. The van der Waals surface area contributed by atoms with Crippen LogP contribution in [0.5, 0.6) is 0 Å². The molecule has 0 spiro atoms. The summed E-state index contributed by atoms with van der Waals surface area (Å²) >= 11 is 0. The zero-order valence-electron chi connectivity index (χ0n) is 6.75. The maximum absolute atomic E-state index is 10.8. The molecule has 4 nitrogen and oxygen atoms in total. The molecule has 4 heteroatoms. The van der Waals surface area contributed by atoms with Crippen LogP contribution >= 0.6 is 0 Å². The van der Waals surface area contributed by atoms with E-state index < -0.39 is 5.97 Å². The number of nitrogens with one attached hydrogen (secondary N) is 1. The average Bonchev–Trinajstić information content (AvgIpc) is 2.04. The molecular weight excluding hydrogens is 158 g/mol. The number of hydrogen-bond donors (Lipinski definition) is 2. The molecule has 0 saturated carbocycles. The zero-order valence-corrected chi connectivity index (χ0v) is 6.75. The topological polar surface area (TPSA) is 66.4 Å². The van der Waals surface area contributed by atoms with Crippen LogP contribution in [0.4, 0.5) is 0 Å². The predicted molar refractivity (Wildman–Crippen MR) is 42.5 cm³/mol. The van der Waals surface area contributed by atoms with Crippen LogP contribution in [0.25, 0.3) is 0 Å². The highest BCUT2D eigenvalue weighted by molar-refractivity contribution is 5.88. The number of carboxylic acid groups (broad SMARTS) is 1. The lowest BCUT2D eigenvalue weighted by molar-refractivity contribution is -0.143. The Hall–Kier alpha value is -0.900. The number of hydrogen-bond acceptors (Lipinski definition) is 3. The molecule has 0 aromatic rings. The van der Waals surface area contributed by atoms with Crippen molar-refractivity contribution < 1.29 is 14.7 Å². The molecule has 2 unspecified atom stereocenters. The van der Waals surface area contributed by atoms with Crippen LogP contribution in [-0.4, -0.2) is 29.4 Å². The first kappa shape index (κ1) is 9.19. The molecule has 2 atom stereocenters. The zero-order chi connectivity index (χ0) is 9.14. The van der Waals surface area contributed by atoms with E-state index in [1.54, 1.807) is 0 Å². The molecule has 0 aromatic heterocycles. The minimum atomic E-state index is -0.817. The van der Waals surface area contributed by atoms with Crippen molar-refractivity contribution in [2.45, 2.75) is 18.9 Å². The van der Waals surface area contributed by atoms with Gasteiger partial charge in [0.05, 0.1) is 12.0 Å². The molecular formula is C8H12NO3. The maximum atomic E-state index is 10.8. The van der Waals surface area contributed by atoms with E-state index in [-0.39, 0.29) is 17.7 Å². The third kappa shape index (κ3) is 2.04. The highest BCUT2D eigenvalue weighted by atomic mass is 16.4. The fourth-order valence-electron chi connectivity index (χ4n) is 1.39. The summed E-state index contributed by atoms with van der Waals surface area (Å²) in [5.41, 5.74) is 0. The Morgan fingerprint density at radius 3 is 2.67 bits per heavy atom. The van der Waals surface area contributed by atoms with Crippen LogP contribution in [0.3, 0.4) is 0 Å². The molecule has 1 fully saturated rings. The van der Waals surface area contributed by atoms with Crippen molar-refractivity contribution in [3.63, 3.8) is 0 Å². The van der Waals surface area contributed by atoms with Gasteiger partial charge in [0, 0.05) is 6.92 Å². The lowest BCUT2D eigenvalue weighted by Gasteiger charge is -2.25. The minimum Gasteiger partial charge on any atom is -0.481 e. The molecule has 0 bridgehead atoms. The molecule has 1 rings (SSSR count). The van der Waals surface area contributed by atoms with Gasteiger partial charge in [-0.25, -0.2) is 0 Å². The van der Waals surface area contributed by atoms with Gasteiger partial charge in [-0.3, -0.25) is 9.59 Å². The van der Waals surface area contributed by atoms with E-state index in [1.165, 1.54) is 0 Å². The van der Waals surface area contributed by atoms with Crippen LogP contribution in [0, 0.1) is 12.8 Å². The third-order valence-corrected chi connectivity index (χ3v) is 2.14. The first-order valence-electron chi connectivity index (χ1n) is 3.93. The first-order valence-corrected chi connectivity index (χ1v) is 3.93. The van der Waals surface area contributed by atoms with Gasteiger partial charge in [0.25, 0.3) is 0 Å². The van der Waals surface area contributed by atoms with Crippen LogP contribution in [0.1, 0.15) is 12.8 Å². The van der Waals surface area contributed by atoms with Crippen molar-refractivity contribution >= 4 is 11.8 Å². The second-order valence-electron chi connectivity index (χ2n) is 3.03. The van der Waals surface area contributed by atoms with Gasteiger partial charge < -0.3 is 10.4 Å². The Morgan fingerprint density at radius 1 is 1.50 bits per heavy atom. The Balaban J connectivity index is 2.51. The molecule has 2 N–H and O–H groups in total.